The molecule has 0 fully saturated rings. The zero-order valence-corrected chi connectivity index (χ0v) is 19.6. The van der Waals surface area contributed by atoms with Crippen LogP contribution in [0.3, 0.4) is 0 Å². The Kier molecular flexibility index (Phi) is 7.70. The quantitative estimate of drug-likeness (QED) is 0.328. The molecule has 9 nitrogen and oxygen atoms in total. The molecular weight excluding hydrogens is 467 g/mol. The highest BCUT2D eigenvalue weighted by molar-refractivity contribution is 7.89. The van der Waals surface area contributed by atoms with E-state index in [9.17, 15) is 27.5 Å². The number of aromatic nitrogens is 1. The Morgan fingerprint density at radius 1 is 1.21 bits per heavy atom. The number of benzene rings is 1. The van der Waals surface area contributed by atoms with Crippen LogP contribution in [0.4, 0.5) is 4.39 Å². The molecule has 0 radical (unpaired) electrons. The fourth-order valence-corrected chi connectivity index (χ4v) is 4.64. The molecule has 0 saturated carbocycles. The van der Waals surface area contributed by atoms with Gasteiger partial charge in [-0.3, -0.25) is 9.59 Å². The Hall–Kier alpha value is -3.28. The molecule has 182 valence electrons. The number of aliphatic hydroxyl groups is 1. The highest BCUT2D eigenvalue weighted by Crippen LogP contribution is 2.18. The highest BCUT2D eigenvalue weighted by Gasteiger charge is 2.31. The number of hydrogen-bond acceptors (Lipinski definition) is 7. The summed E-state index contributed by atoms with van der Waals surface area (Å²) in [6.45, 7) is 4.55. The van der Waals surface area contributed by atoms with Gasteiger partial charge in [0.15, 0.2) is 6.61 Å². The standard InChI is InChI=1S/C23H25FN2O7S/c1-14-11-20(15(2)26(14)12-18-5-4-10-32-18)21(28)13-33-23(29)22(16(3)27)25-34(30,31)19-8-6-17(24)7-9-19/h4-11,16,22,25,27H,12-13H2,1-3H3/t16-,22+/m1/s1. The molecule has 11 heteroatoms. The minimum Gasteiger partial charge on any atom is -0.467 e. The minimum atomic E-state index is -4.27. The number of rotatable bonds is 10. The first-order valence-electron chi connectivity index (χ1n) is 10.3. The molecule has 0 aliphatic rings. The number of nitrogens with zero attached hydrogens (tertiary/aromatic N) is 1. The van der Waals surface area contributed by atoms with Crippen molar-refractivity contribution in [3.63, 3.8) is 0 Å². The van der Waals surface area contributed by atoms with Crippen LogP contribution >= 0.6 is 0 Å². The van der Waals surface area contributed by atoms with E-state index in [1.165, 1.54) is 6.92 Å². The zero-order valence-electron chi connectivity index (χ0n) is 18.8. The second kappa shape index (κ2) is 10.3. The van der Waals surface area contributed by atoms with Crippen LogP contribution in [-0.2, 0) is 26.1 Å². The number of furan rings is 1. The number of carbonyl (C=O) groups is 2. The van der Waals surface area contributed by atoms with E-state index in [1.807, 2.05) is 22.3 Å². The Labute approximate surface area is 196 Å². The SMILES string of the molecule is Cc1cc(C(=O)COC(=O)[C@@H](NS(=O)(=O)c2ccc(F)cc2)[C@@H](C)O)c(C)n1Cc1ccco1. The van der Waals surface area contributed by atoms with Crippen LogP contribution in [0, 0.1) is 19.7 Å². The van der Waals surface area contributed by atoms with Gasteiger partial charge < -0.3 is 18.8 Å². The van der Waals surface area contributed by atoms with Crippen molar-refractivity contribution in [1.82, 2.24) is 9.29 Å². The summed E-state index contributed by atoms with van der Waals surface area (Å²) >= 11 is 0. The molecular formula is C23H25FN2O7S. The summed E-state index contributed by atoms with van der Waals surface area (Å²) in [6, 6.07) is 7.50. The van der Waals surface area contributed by atoms with Crippen molar-refractivity contribution in [3.8, 4) is 0 Å². The summed E-state index contributed by atoms with van der Waals surface area (Å²) in [5.41, 5.74) is 1.80. The fraction of sp³-hybridized carbons (Fsp3) is 0.304. The van der Waals surface area contributed by atoms with Crippen molar-refractivity contribution in [2.45, 2.75) is 44.4 Å². The lowest BCUT2D eigenvalue weighted by Crippen LogP contribution is -2.48. The fourth-order valence-electron chi connectivity index (χ4n) is 3.38. The van der Waals surface area contributed by atoms with Crippen molar-refractivity contribution in [1.29, 1.82) is 0 Å². The van der Waals surface area contributed by atoms with Gasteiger partial charge in [0.2, 0.25) is 15.8 Å². The summed E-state index contributed by atoms with van der Waals surface area (Å²) in [7, 11) is -4.27. The van der Waals surface area contributed by atoms with Gasteiger partial charge in [0.05, 0.1) is 23.8 Å². The number of nitrogens with one attached hydrogen (secondary N) is 1. The maximum atomic E-state index is 13.1. The minimum absolute atomic E-state index is 0.299. The second-order valence-corrected chi connectivity index (χ2v) is 9.49. The molecule has 2 heterocycles. The number of ether oxygens (including phenoxy) is 1. The molecule has 0 spiro atoms. The lowest BCUT2D eigenvalue weighted by Gasteiger charge is -2.20. The molecule has 0 aliphatic heterocycles. The van der Waals surface area contributed by atoms with E-state index in [0.717, 1.165) is 30.0 Å². The monoisotopic (exact) mass is 492 g/mol. The van der Waals surface area contributed by atoms with Gasteiger partial charge in [0, 0.05) is 17.0 Å². The van der Waals surface area contributed by atoms with Crippen LogP contribution < -0.4 is 4.72 Å². The summed E-state index contributed by atoms with van der Waals surface area (Å²) < 4.78 is 52.4. The van der Waals surface area contributed by atoms with Crippen molar-refractivity contribution < 1.29 is 36.7 Å². The molecule has 0 unspecified atom stereocenters. The molecule has 0 bridgehead atoms. The van der Waals surface area contributed by atoms with E-state index in [4.69, 9.17) is 9.15 Å². The number of esters is 1. The summed E-state index contributed by atoms with van der Waals surface area (Å²) in [5, 5.41) is 9.94. The number of Topliss-reactive ketones (excluding diaryl/α,β-unsaturated/α-hetero) is 1. The van der Waals surface area contributed by atoms with E-state index in [2.05, 4.69) is 0 Å². The maximum absolute atomic E-state index is 13.1. The molecule has 3 rings (SSSR count). The molecule has 1 aromatic carbocycles. The van der Waals surface area contributed by atoms with Crippen LogP contribution in [0.5, 0.6) is 0 Å². The number of aryl methyl sites for hydroxylation is 1. The van der Waals surface area contributed by atoms with Gasteiger partial charge in [-0.2, -0.15) is 4.72 Å². The van der Waals surface area contributed by atoms with Gasteiger partial charge in [0.25, 0.3) is 0 Å². The van der Waals surface area contributed by atoms with Crippen LogP contribution in [-0.4, -0.2) is 48.6 Å². The maximum Gasteiger partial charge on any atom is 0.327 e. The number of ketones is 1. The molecule has 0 amide bonds. The lowest BCUT2D eigenvalue weighted by atomic mass is 10.1. The van der Waals surface area contributed by atoms with Gasteiger partial charge in [0.1, 0.15) is 17.6 Å². The van der Waals surface area contributed by atoms with Gasteiger partial charge in [-0.25, -0.2) is 12.8 Å². The first kappa shape index (κ1) is 25.3. The Bertz CT molecular complexity index is 1260. The first-order chi connectivity index (χ1) is 16.0. The van der Waals surface area contributed by atoms with E-state index < -0.39 is 46.3 Å². The predicted octanol–water partition coefficient (Wildman–Crippen LogP) is 2.34. The third-order valence-corrected chi connectivity index (χ3v) is 6.71. The number of halogens is 1. The molecule has 3 aromatic rings. The van der Waals surface area contributed by atoms with Gasteiger partial charge in [-0.15, -0.1) is 0 Å². The molecule has 0 aliphatic carbocycles. The summed E-state index contributed by atoms with van der Waals surface area (Å²) in [6.07, 6.45) is 0.0916. The Balaban J connectivity index is 1.68. The third kappa shape index (κ3) is 5.79. The normalized spacial score (nSPS) is 13.4. The Morgan fingerprint density at radius 3 is 2.47 bits per heavy atom. The van der Waals surface area contributed by atoms with Gasteiger partial charge in [-0.05, 0) is 63.2 Å². The van der Waals surface area contributed by atoms with Crippen molar-refractivity contribution in [2.24, 2.45) is 0 Å². The van der Waals surface area contributed by atoms with Gasteiger partial charge >= 0.3 is 5.97 Å². The van der Waals surface area contributed by atoms with Crippen LogP contribution in [0.1, 0.15) is 34.4 Å². The molecule has 2 atom stereocenters. The van der Waals surface area contributed by atoms with Crippen molar-refractivity contribution in [2.75, 3.05) is 6.61 Å². The number of hydrogen-bond donors (Lipinski definition) is 2. The van der Waals surface area contributed by atoms with E-state index in [-0.39, 0.29) is 4.90 Å². The van der Waals surface area contributed by atoms with Crippen molar-refractivity contribution in [3.05, 3.63) is 77.3 Å². The Morgan fingerprint density at radius 2 is 1.88 bits per heavy atom. The van der Waals surface area contributed by atoms with Crippen LogP contribution in [0.2, 0.25) is 0 Å². The number of carbonyl (C=O) groups excluding carboxylic acids is 2. The molecule has 0 saturated heterocycles. The summed E-state index contributed by atoms with van der Waals surface area (Å²) in [5.74, 6) is -1.54. The van der Waals surface area contributed by atoms with E-state index >= 15 is 0 Å². The molecule has 2 aromatic heterocycles. The topological polar surface area (TPSA) is 128 Å². The lowest BCUT2D eigenvalue weighted by molar-refractivity contribution is -0.147. The summed E-state index contributed by atoms with van der Waals surface area (Å²) in [4.78, 5) is 24.9. The third-order valence-electron chi connectivity index (χ3n) is 5.26. The number of aliphatic hydroxyl groups excluding tert-OH is 1. The van der Waals surface area contributed by atoms with Crippen molar-refractivity contribution >= 4 is 21.8 Å². The van der Waals surface area contributed by atoms with E-state index in [1.54, 1.807) is 25.3 Å². The molecule has 2 N–H and O–H groups in total. The average Bonchev–Trinajstić information content (AvgIpc) is 3.39. The van der Waals surface area contributed by atoms with Crippen LogP contribution in [0.25, 0.3) is 0 Å². The largest absolute Gasteiger partial charge is 0.467 e. The van der Waals surface area contributed by atoms with Gasteiger partial charge in [-0.1, -0.05) is 0 Å². The highest BCUT2D eigenvalue weighted by atomic mass is 32.2. The smallest absolute Gasteiger partial charge is 0.327 e. The predicted molar refractivity (Wildman–Crippen MR) is 119 cm³/mol. The molecule has 34 heavy (non-hydrogen) atoms. The van der Waals surface area contributed by atoms with E-state index in [0.29, 0.717) is 23.6 Å². The first-order valence-corrected chi connectivity index (χ1v) is 11.8. The number of sulfonamides is 1. The average molecular weight is 493 g/mol. The zero-order chi connectivity index (χ0) is 25.0. The van der Waals surface area contributed by atoms with Crippen LogP contribution in [0.15, 0.2) is 58.0 Å². The second-order valence-electron chi connectivity index (χ2n) is 7.77.